The van der Waals surface area contributed by atoms with Gasteiger partial charge >= 0.3 is 0 Å². The monoisotopic (exact) mass is 499 g/mol. The zero-order valence-corrected chi connectivity index (χ0v) is 19.8. The van der Waals surface area contributed by atoms with Gasteiger partial charge < -0.3 is 14.3 Å². The van der Waals surface area contributed by atoms with E-state index in [2.05, 4.69) is 20.2 Å². The largest absolute Gasteiger partial charge is 0.466 e. The first-order valence-corrected chi connectivity index (χ1v) is 11.9. The van der Waals surface area contributed by atoms with Crippen LogP contribution in [0.3, 0.4) is 0 Å². The average molecular weight is 500 g/mol. The molecule has 0 aliphatic rings. The Balaban J connectivity index is 1.50. The van der Waals surface area contributed by atoms with Crippen LogP contribution in [0.4, 0.5) is 5.69 Å². The normalized spacial score (nSPS) is 11.6. The fourth-order valence-electron chi connectivity index (χ4n) is 3.60. The van der Waals surface area contributed by atoms with Gasteiger partial charge in [0.2, 0.25) is 10.0 Å². The van der Waals surface area contributed by atoms with Crippen LogP contribution in [0, 0.1) is 30.9 Å². The maximum atomic E-state index is 13.0. The van der Waals surface area contributed by atoms with Gasteiger partial charge in [0.1, 0.15) is 11.5 Å². The van der Waals surface area contributed by atoms with Crippen LogP contribution < -0.4 is 10.0 Å². The Kier molecular flexibility index (Phi) is 6.37. The van der Waals surface area contributed by atoms with E-state index in [-0.39, 0.29) is 34.9 Å². The predicted molar refractivity (Wildman–Crippen MR) is 124 cm³/mol. The van der Waals surface area contributed by atoms with Crippen LogP contribution in [0.25, 0.3) is 22.4 Å². The first kappa shape index (κ1) is 24.0. The van der Waals surface area contributed by atoms with Crippen molar-refractivity contribution in [3.8, 4) is 11.3 Å². The van der Waals surface area contributed by atoms with Crippen LogP contribution >= 0.6 is 0 Å². The summed E-state index contributed by atoms with van der Waals surface area (Å²) in [6.07, 6.45) is 0. The lowest BCUT2D eigenvalue weighted by atomic mass is 10.1. The Labute approximate surface area is 199 Å². The SMILES string of the molecule is Cc1cc(-c2cc(C(=O)NCCNS(=O)(=O)c3cccc([N+](=O)[O-])c3)c3c(C)noc3n2)c(C)o1. The summed E-state index contributed by atoms with van der Waals surface area (Å²) in [7, 11) is -4.01. The van der Waals surface area contributed by atoms with E-state index in [1.165, 1.54) is 18.2 Å². The molecule has 0 atom stereocenters. The highest BCUT2D eigenvalue weighted by Crippen LogP contribution is 2.30. The molecule has 4 aromatic rings. The molecule has 3 heterocycles. The van der Waals surface area contributed by atoms with E-state index < -0.39 is 20.9 Å². The van der Waals surface area contributed by atoms with Crippen molar-refractivity contribution in [2.75, 3.05) is 13.1 Å². The van der Waals surface area contributed by atoms with Gasteiger partial charge in [-0.2, -0.15) is 0 Å². The second-order valence-electron chi connectivity index (χ2n) is 7.74. The minimum absolute atomic E-state index is 0.0414. The number of aryl methyl sites for hydroxylation is 3. The number of amides is 1. The number of nitrogens with one attached hydrogen (secondary N) is 2. The van der Waals surface area contributed by atoms with Gasteiger partial charge in [-0.25, -0.2) is 18.1 Å². The van der Waals surface area contributed by atoms with Crippen molar-refractivity contribution in [1.29, 1.82) is 0 Å². The molecule has 0 spiro atoms. The number of aromatic nitrogens is 2. The molecule has 13 heteroatoms. The number of furan rings is 1. The van der Waals surface area contributed by atoms with Crippen LogP contribution in [0.2, 0.25) is 0 Å². The number of carbonyl (C=O) groups is 1. The van der Waals surface area contributed by atoms with E-state index in [0.717, 1.165) is 6.07 Å². The number of nitro benzene ring substituents is 1. The van der Waals surface area contributed by atoms with Crippen molar-refractivity contribution in [2.45, 2.75) is 25.7 Å². The molecule has 0 radical (unpaired) electrons. The lowest BCUT2D eigenvalue weighted by Gasteiger charge is -2.09. The number of non-ortho nitro benzene ring substituents is 1. The molecule has 0 aliphatic heterocycles. The van der Waals surface area contributed by atoms with Gasteiger partial charge in [0.15, 0.2) is 0 Å². The summed E-state index contributed by atoms with van der Waals surface area (Å²) in [4.78, 5) is 27.4. The number of carbonyl (C=O) groups excluding carboxylic acids is 1. The van der Waals surface area contributed by atoms with E-state index in [9.17, 15) is 23.3 Å². The van der Waals surface area contributed by atoms with Crippen molar-refractivity contribution in [2.24, 2.45) is 0 Å². The molecule has 12 nitrogen and oxygen atoms in total. The standard InChI is InChI=1S/C22H21N5O7S/c1-12-9-17(14(3)33-12)19-11-18(20-13(2)26-34-22(20)25-19)21(28)23-7-8-24-35(31,32)16-6-4-5-15(10-16)27(29)30/h4-6,9-11,24H,7-8H2,1-3H3,(H,23,28). The topological polar surface area (TPSA) is 170 Å². The first-order chi connectivity index (χ1) is 16.6. The third-order valence-corrected chi connectivity index (χ3v) is 6.68. The van der Waals surface area contributed by atoms with Gasteiger partial charge in [0, 0.05) is 30.8 Å². The van der Waals surface area contributed by atoms with Gasteiger partial charge in [-0.1, -0.05) is 11.2 Å². The second-order valence-corrected chi connectivity index (χ2v) is 9.51. The van der Waals surface area contributed by atoms with E-state index in [0.29, 0.717) is 33.9 Å². The lowest BCUT2D eigenvalue weighted by molar-refractivity contribution is -0.385. The number of nitrogens with zero attached hydrogens (tertiary/aromatic N) is 3. The molecule has 3 aromatic heterocycles. The summed E-state index contributed by atoms with van der Waals surface area (Å²) < 4.78 is 38.1. The van der Waals surface area contributed by atoms with E-state index in [1.54, 1.807) is 32.9 Å². The van der Waals surface area contributed by atoms with Crippen molar-refractivity contribution in [3.05, 3.63) is 69.3 Å². The van der Waals surface area contributed by atoms with E-state index >= 15 is 0 Å². The summed E-state index contributed by atoms with van der Waals surface area (Å²) >= 11 is 0. The smallest absolute Gasteiger partial charge is 0.270 e. The summed E-state index contributed by atoms with van der Waals surface area (Å²) in [6, 6.07) is 8.10. The Morgan fingerprint density at radius 2 is 1.91 bits per heavy atom. The molecule has 4 rings (SSSR count). The first-order valence-electron chi connectivity index (χ1n) is 10.4. The molecule has 35 heavy (non-hydrogen) atoms. The number of nitro groups is 1. The average Bonchev–Trinajstić information content (AvgIpc) is 3.36. The zero-order chi connectivity index (χ0) is 25.3. The Morgan fingerprint density at radius 1 is 1.14 bits per heavy atom. The number of rotatable bonds is 8. The fraction of sp³-hybridized carbons (Fsp3) is 0.227. The molecular formula is C22H21N5O7S. The molecular weight excluding hydrogens is 478 g/mol. The molecule has 0 saturated carbocycles. The van der Waals surface area contributed by atoms with Crippen molar-refractivity contribution >= 4 is 32.7 Å². The molecule has 2 N–H and O–H groups in total. The number of pyridine rings is 1. The van der Waals surface area contributed by atoms with Crippen LogP contribution in [0.5, 0.6) is 0 Å². The quantitative estimate of drug-likeness (QED) is 0.210. The molecule has 0 saturated heterocycles. The van der Waals surface area contributed by atoms with Crippen LogP contribution in [-0.2, 0) is 10.0 Å². The highest BCUT2D eigenvalue weighted by atomic mass is 32.2. The van der Waals surface area contributed by atoms with Gasteiger partial charge in [-0.05, 0) is 39.0 Å². The Hall–Kier alpha value is -4.10. The molecule has 0 aliphatic carbocycles. The maximum Gasteiger partial charge on any atom is 0.270 e. The van der Waals surface area contributed by atoms with E-state index in [1.807, 2.05) is 0 Å². The molecule has 182 valence electrons. The molecule has 0 fully saturated rings. The number of fused-ring (bicyclic) bond motifs is 1. The number of benzene rings is 1. The summed E-state index contributed by atoms with van der Waals surface area (Å²) in [6.45, 7) is 5.09. The summed E-state index contributed by atoms with van der Waals surface area (Å²) in [5.74, 6) is 0.847. The van der Waals surface area contributed by atoms with Crippen molar-refractivity contribution < 1.29 is 27.1 Å². The molecule has 1 amide bonds. The molecule has 0 unspecified atom stereocenters. The minimum atomic E-state index is -4.01. The van der Waals surface area contributed by atoms with Crippen molar-refractivity contribution in [3.63, 3.8) is 0 Å². The van der Waals surface area contributed by atoms with Gasteiger partial charge in [0.25, 0.3) is 17.3 Å². The zero-order valence-electron chi connectivity index (χ0n) is 19.0. The van der Waals surface area contributed by atoms with Gasteiger partial charge in [-0.3, -0.25) is 14.9 Å². The highest BCUT2D eigenvalue weighted by molar-refractivity contribution is 7.89. The van der Waals surface area contributed by atoms with Crippen molar-refractivity contribution in [1.82, 2.24) is 20.2 Å². The van der Waals surface area contributed by atoms with E-state index in [4.69, 9.17) is 8.94 Å². The van der Waals surface area contributed by atoms with Gasteiger partial charge in [0.05, 0.1) is 32.2 Å². The summed E-state index contributed by atoms with van der Waals surface area (Å²) in [5.41, 5.74) is 1.77. The second kappa shape index (κ2) is 9.27. The number of sulfonamides is 1. The third-order valence-electron chi connectivity index (χ3n) is 5.22. The summed E-state index contributed by atoms with van der Waals surface area (Å²) in [5, 5.41) is 17.9. The third kappa shape index (κ3) is 4.90. The fourth-order valence-corrected chi connectivity index (χ4v) is 4.67. The Bertz CT molecular complexity index is 1560. The molecule has 1 aromatic carbocycles. The van der Waals surface area contributed by atoms with Crippen LogP contribution in [0.1, 0.15) is 27.6 Å². The maximum absolute atomic E-state index is 13.0. The lowest BCUT2D eigenvalue weighted by Crippen LogP contribution is -2.34. The highest BCUT2D eigenvalue weighted by Gasteiger charge is 2.21. The minimum Gasteiger partial charge on any atom is -0.466 e. The van der Waals surface area contributed by atoms with Gasteiger partial charge in [-0.15, -0.1) is 0 Å². The van der Waals surface area contributed by atoms with Crippen LogP contribution in [-0.4, -0.2) is 42.5 Å². The molecule has 0 bridgehead atoms. The predicted octanol–water partition coefficient (Wildman–Crippen LogP) is 3.02. The van der Waals surface area contributed by atoms with Crippen LogP contribution in [0.15, 0.2) is 50.2 Å². The Morgan fingerprint density at radius 3 is 2.60 bits per heavy atom. The number of hydrogen-bond donors (Lipinski definition) is 2. The number of hydrogen-bond acceptors (Lipinski definition) is 9.